The zero-order valence-electron chi connectivity index (χ0n) is 15.7. The Morgan fingerprint density at radius 1 is 1.21 bits per heavy atom. The minimum absolute atomic E-state index is 0.174. The molecule has 3 aromatic rings. The predicted octanol–water partition coefficient (Wildman–Crippen LogP) is 4.49. The smallest absolute Gasteiger partial charge is 0.339 e. The zero-order valence-corrected chi connectivity index (χ0v) is 17.3. The van der Waals surface area contributed by atoms with Crippen molar-refractivity contribution < 1.29 is 18.7 Å². The number of Topliss-reactive ketones (excluding diaryl/α,β-unsaturated/α-hetero) is 1. The fraction of sp³-hybridized carbons (Fsp3) is 0.263. The Bertz CT molecular complexity index is 1030. The van der Waals surface area contributed by atoms with E-state index in [1.165, 1.54) is 7.11 Å². The number of H-pyrrole nitrogens is 1. The minimum atomic E-state index is -0.499. The number of methoxy groups -OCH3 is 1. The third-order valence-corrected chi connectivity index (χ3v) is 5.40. The number of ether oxygens (including phenoxy) is 1. The van der Waals surface area contributed by atoms with Gasteiger partial charge in [0.2, 0.25) is 5.89 Å². The van der Waals surface area contributed by atoms with Crippen LogP contribution < -0.4 is 0 Å². The topological polar surface area (TPSA) is 98.1 Å². The molecule has 0 unspecified atom stereocenters. The largest absolute Gasteiger partial charge is 0.465 e. The average Bonchev–Trinajstić information content (AvgIpc) is 3.25. The second kappa shape index (κ2) is 8.20. The highest BCUT2D eigenvalue weighted by Crippen LogP contribution is 2.29. The molecule has 7 nitrogen and oxygen atoms in total. The summed E-state index contributed by atoms with van der Waals surface area (Å²) >= 11 is 7.03. The van der Waals surface area contributed by atoms with Crippen molar-refractivity contribution in [1.29, 1.82) is 0 Å². The summed E-state index contributed by atoms with van der Waals surface area (Å²) in [5.74, 6) is -0.305. The van der Waals surface area contributed by atoms with Crippen molar-refractivity contribution in [3.05, 3.63) is 51.8 Å². The van der Waals surface area contributed by atoms with Crippen molar-refractivity contribution in [2.45, 2.75) is 31.2 Å². The van der Waals surface area contributed by atoms with Crippen LogP contribution >= 0.6 is 23.4 Å². The average molecular weight is 420 g/mol. The van der Waals surface area contributed by atoms with Gasteiger partial charge in [0.25, 0.3) is 5.22 Å². The zero-order chi connectivity index (χ0) is 20.4. The van der Waals surface area contributed by atoms with Gasteiger partial charge < -0.3 is 14.1 Å². The van der Waals surface area contributed by atoms with Crippen molar-refractivity contribution in [1.82, 2.24) is 15.2 Å². The first kappa shape index (κ1) is 20.2. The van der Waals surface area contributed by atoms with E-state index in [1.54, 1.807) is 45.0 Å². The molecule has 1 aromatic carbocycles. The summed E-state index contributed by atoms with van der Waals surface area (Å²) in [7, 11) is 1.31. The van der Waals surface area contributed by atoms with E-state index in [4.69, 9.17) is 20.8 Å². The summed E-state index contributed by atoms with van der Waals surface area (Å²) in [5.41, 5.74) is 2.64. The van der Waals surface area contributed by atoms with Crippen LogP contribution in [0.4, 0.5) is 0 Å². The van der Waals surface area contributed by atoms with Gasteiger partial charge in [-0.15, -0.1) is 10.2 Å². The number of nitrogens with one attached hydrogen (secondary N) is 1. The number of aryl methyl sites for hydroxylation is 1. The number of hydrogen-bond acceptors (Lipinski definition) is 7. The molecule has 1 N–H and O–H groups in total. The SMILES string of the molecule is COC(=O)c1c(C)[nH]c(C(=O)[C@H](C)Sc2nnc(-c3ccc(Cl)cc3)o2)c1C. The molecule has 0 bridgehead atoms. The van der Waals surface area contributed by atoms with E-state index >= 15 is 0 Å². The van der Waals surface area contributed by atoms with E-state index in [-0.39, 0.29) is 11.0 Å². The Hall–Kier alpha value is -2.58. The summed E-state index contributed by atoms with van der Waals surface area (Å²) < 4.78 is 10.4. The fourth-order valence-corrected chi connectivity index (χ4v) is 3.65. The molecule has 2 heterocycles. The van der Waals surface area contributed by atoms with E-state index in [0.717, 1.165) is 17.3 Å². The highest BCUT2D eigenvalue weighted by molar-refractivity contribution is 8.00. The lowest BCUT2D eigenvalue weighted by molar-refractivity contribution is 0.0599. The molecule has 28 heavy (non-hydrogen) atoms. The van der Waals surface area contributed by atoms with E-state index < -0.39 is 11.2 Å². The van der Waals surface area contributed by atoms with Gasteiger partial charge in [-0.1, -0.05) is 23.4 Å². The maximum Gasteiger partial charge on any atom is 0.339 e. The summed E-state index contributed by atoms with van der Waals surface area (Å²) in [5, 5.41) is 8.39. The van der Waals surface area contributed by atoms with Crippen LogP contribution in [-0.4, -0.2) is 39.3 Å². The third kappa shape index (κ3) is 3.98. The number of esters is 1. The normalized spacial score (nSPS) is 12.0. The fourth-order valence-electron chi connectivity index (χ4n) is 2.78. The molecule has 0 amide bonds. The van der Waals surface area contributed by atoms with Gasteiger partial charge in [-0.2, -0.15) is 0 Å². The maximum absolute atomic E-state index is 12.9. The first-order valence-corrected chi connectivity index (χ1v) is 9.65. The van der Waals surface area contributed by atoms with E-state index in [2.05, 4.69) is 15.2 Å². The number of nitrogens with zero attached hydrogens (tertiary/aromatic N) is 2. The van der Waals surface area contributed by atoms with Gasteiger partial charge in [0.15, 0.2) is 5.78 Å². The van der Waals surface area contributed by atoms with Crippen molar-refractivity contribution in [2.75, 3.05) is 7.11 Å². The van der Waals surface area contributed by atoms with Gasteiger partial charge in [-0.25, -0.2) is 4.79 Å². The lowest BCUT2D eigenvalue weighted by Gasteiger charge is -2.07. The molecular weight excluding hydrogens is 402 g/mol. The van der Waals surface area contributed by atoms with Gasteiger partial charge in [0.05, 0.1) is 23.6 Å². The standard InChI is InChI=1S/C19H18ClN3O4S/c1-9-14(18(25)26-4)10(2)21-15(9)16(24)11(3)28-19-23-22-17(27-19)12-5-7-13(20)8-6-12/h5-8,11,21H,1-4H3/t11-/m0/s1. The highest BCUT2D eigenvalue weighted by Gasteiger charge is 2.27. The second-order valence-corrected chi connectivity index (χ2v) is 7.85. The Balaban J connectivity index is 1.77. The number of benzene rings is 1. The van der Waals surface area contributed by atoms with Crippen LogP contribution in [0.3, 0.4) is 0 Å². The lowest BCUT2D eigenvalue weighted by Crippen LogP contribution is -2.15. The Morgan fingerprint density at radius 2 is 1.89 bits per heavy atom. The Labute approximate surface area is 170 Å². The molecule has 2 aromatic heterocycles. The van der Waals surface area contributed by atoms with Gasteiger partial charge in [-0.3, -0.25) is 4.79 Å². The number of halogens is 1. The first-order valence-electron chi connectivity index (χ1n) is 8.39. The van der Waals surface area contributed by atoms with Crippen LogP contribution in [0.2, 0.25) is 5.02 Å². The van der Waals surface area contributed by atoms with E-state index in [1.807, 2.05) is 0 Å². The van der Waals surface area contributed by atoms with E-state index in [9.17, 15) is 9.59 Å². The Morgan fingerprint density at radius 3 is 2.54 bits per heavy atom. The predicted molar refractivity (Wildman–Crippen MR) is 106 cm³/mol. The van der Waals surface area contributed by atoms with Crippen LogP contribution in [0.15, 0.2) is 33.9 Å². The maximum atomic E-state index is 12.9. The quantitative estimate of drug-likeness (QED) is 0.357. The molecule has 0 saturated carbocycles. The number of carbonyl (C=O) groups excluding carboxylic acids is 2. The second-order valence-electron chi connectivity index (χ2n) is 6.12. The van der Waals surface area contributed by atoms with E-state index in [0.29, 0.717) is 33.4 Å². The van der Waals surface area contributed by atoms with Gasteiger partial charge in [0, 0.05) is 16.3 Å². The van der Waals surface area contributed by atoms with Gasteiger partial charge in [0.1, 0.15) is 0 Å². The van der Waals surface area contributed by atoms with Crippen LogP contribution in [0.1, 0.15) is 39.0 Å². The molecule has 3 rings (SSSR count). The van der Waals surface area contributed by atoms with Crippen molar-refractivity contribution in [3.8, 4) is 11.5 Å². The van der Waals surface area contributed by atoms with Gasteiger partial charge in [-0.05, 0) is 50.6 Å². The van der Waals surface area contributed by atoms with Crippen molar-refractivity contribution in [3.63, 3.8) is 0 Å². The number of hydrogen-bond donors (Lipinski definition) is 1. The molecule has 9 heteroatoms. The summed E-state index contributed by atoms with van der Waals surface area (Å²) in [6, 6.07) is 7.02. The molecule has 146 valence electrons. The molecule has 0 spiro atoms. The third-order valence-electron chi connectivity index (χ3n) is 4.22. The molecule has 0 saturated heterocycles. The summed E-state index contributed by atoms with van der Waals surface area (Å²) in [6.45, 7) is 5.18. The number of carbonyl (C=O) groups is 2. The molecule has 0 aliphatic rings. The summed E-state index contributed by atoms with van der Waals surface area (Å²) in [4.78, 5) is 27.8. The van der Waals surface area contributed by atoms with Crippen LogP contribution in [-0.2, 0) is 4.74 Å². The van der Waals surface area contributed by atoms with Crippen molar-refractivity contribution in [2.24, 2.45) is 0 Å². The molecule has 0 radical (unpaired) electrons. The van der Waals surface area contributed by atoms with Crippen LogP contribution in [0, 0.1) is 13.8 Å². The van der Waals surface area contributed by atoms with Crippen LogP contribution in [0.5, 0.6) is 0 Å². The van der Waals surface area contributed by atoms with Crippen molar-refractivity contribution >= 4 is 35.1 Å². The monoisotopic (exact) mass is 419 g/mol. The molecule has 1 atom stereocenters. The molecular formula is C19H18ClN3O4S. The molecule has 0 aliphatic heterocycles. The number of aromatic amines is 1. The highest BCUT2D eigenvalue weighted by atomic mass is 35.5. The molecule has 0 aliphatic carbocycles. The number of rotatable bonds is 6. The first-order chi connectivity index (χ1) is 13.3. The Kier molecular flexibility index (Phi) is 5.90. The number of thioether (sulfide) groups is 1. The lowest BCUT2D eigenvalue weighted by atomic mass is 10.1. The summed E-state index contributed by atoms with van der Waals surface area (Å²) in [6.07, 6.45) is 0. The minimum Gasteiger partial charge on any atom is -0.465 e. The van der Waals surface area contributed by atoms with Gasteiger partial charge >= 0.3 is 5.97 Å². The van der Waals surface area contributed by atoms with Crippen LogP contribution in [0.25, 0.3) is 11.5 Å². The number of ketones is 1. The molecule has 0 fully saturated rings. The number of aromatic nitrogens is 3.